The number of nitro groups is 1. The second kappa shape index (κ2) is 4.61. The molecule has 6 nitrogen and oxygen atoms in total. The van der Waals surface area contributed by atoms with Crippen molar-refractivity contribution in [2.24, 2.45) is 4.99 Å². The summed E-state index contributed by atoms with van der Waals surface area (Å²) in [6.07, 6.45) is 0. The number of nitrogens with zero attached hydrogens (tertiary/aromatic N) is 2. The monoisotopic (exact) mass is 221 g/mol. The highest BCUT2D eigenvalue weighted by atomic mass is 16.6. The zero-order valence-electron chi connectivity index (χ0n) is 8.55. The summed E-state index contributed by atoms with van der Waals surface area (Å²) in [4.78, 5) is 14.2. The Morgan fingerprint density at radius 2 is 2.44 bits per heavy atom. The van der Waals surface area contributed by atoms with Crippen LogP contribution in [0.15, 0.2) is 29.3 Å². The van der Waals surface area contributed by atoms with Crippen molar-refractivity contribution in [1.29, 1.82) is 0 Å². The van der Waals surface area contributed by atoms with Gasteiger partial charge < -0.3 is 10.1 Å². The SMILES string of the molecule is O=[N+]([O-])c1cccc(OCC2=NCCN2)c1. The molecule has 1 aromatic rings. The number of hydrogen-bond donors (Lipinski definition) is 1. The number of hydrogen-bond acceptors (Lipinski definition) is 5. The Hall–Kier alpha value is -2.11. The molecule has 1 N–H and O–H groups in total. The Morgan fingerprint density at radius 1 is 1.56 bits per heavy atom. The van der Waals surface area contributed by atoms with Crippen LogP contribution >= 0.6 is 0 Å². The van der Waals surface area contributed by atoms with Crippen LogP contribution in [0.4, 0.5) is 5.69 Å². The van der Waals surface area contributed by atoms with Crippen LogP contribution in [0.25, 0.3) is 0 Å². The summed E-state index contributed by atoms with van der Waals surface area (Å²) in [5.41, 5.74) is 0.0267. The lowest BCUT2D eigenvalue weighted by Gasteiger charge is -2.05. The molecule has 0 radical (unpaired) electrons. The van der Waals surface area contributed by atoms with Gasteiger partial charge in [-0.15, -0.1) is 0 Å². The van der Waals surface area contributed by atoms with E-state index in [0.29, 0.717) is 12.4 Å². The van der Waals surface area contributed by atoms with Gasteiger partial charge in [-0.05, 0) is 6.07 Å². The van der Waals surface area contributed by atoms with E-state index in [-0.39, 0.29) is 5.69 Å². The van der Waals surface area contributed by atoms with E-state index in [0.717, 1.165) is 18.9 Å². The van der Waals surface area contributed by atoms with Crippen molar-refractivity contribution in [3.63, 3.8) is 0 Å². The van der Waals surface area contributed by atoms with Gasteiger partial charge in [0.05, 0.1) is 17.5 Å². The zero-order chi connectivity index (χ0) is 11.4. The summed E-state index contributed by atoms with van der Waals surface area (Å²) in [6, 6.07) is 6.10. The molecular formula is C10H11N3O3. The molecule has 0 amide bonds. The Kier molecular flexibility index (Phi) is 3.00. The van der Waals surface area contributed by atoms with E-state index < -0.39 is 4.92 Å². The molecule has 0 aromatic heterocycles. The summed E-state index contributed by atoms with van der Waals surface area (Å²) < 4.78 is 5.38. The van der Waals surface area contributed by atoms with Gasteiger partial charge in [0.1, 0.15) is 18.2 Å². The normalized spacial score (nSPS) is 14.1. The number of ether oxygens (including phenoxy) is 1. The van der Waals surface area contributed by atoms with E-state index in [1.807, 2.05) is 0 Å². The van der Waals surface area contributed by atoms with Gasteiger partial charge in [-0.2, -0.15) is 0 Å². The molecule has 0 aliphatic carbocycles. The molecule has 2 rings (SSSR count). The fourth-order valence-electron chi connectivity index (χ4n) is 1.38. The van der Waals surface area contributed by atoms with Gasteiger partial charge in [0.15, 0.2) is 0 Å². The van der Waals surface area contributed by atoms with Crippen LogP contribution in [-0.4, -0.2) is 30.5 Å². The first-order valence-corrected chi connectivity index (χ1v) is 4.90. The minimum absolute atomic E-state index is 0.0267. The number of non-ortho nitro benzene ring substituents is 1. The molecule has 0 saturated carbocycles. The molecule has 0 spiro atoms. The van der Waals surface area contributed by atoms with Gasteiger partial charge >= 0.3 is 0 Å². The highest BCUT2D eigenvalue weighted by Crippen LogP contribution is 2.18. The first kappa shape index (κ1) is 10.4. The Balaban J connectivity index is 1.98. The third kappa shape index (κ3) is 2.47. The fraction of sp³-hybridized carbons (Fsp3) is 0.300. The molecule has 6 heteroatoms. The predicted molar refractivity (Wildman–Crippen MR) is 58.9 cm³/mol. The summed E-state index contributed by atoms with van der Waals surface area (Å²) in [7, 11) is 0. The minimum Gasteiger partial charge on any atom is -0.485 e. The molecule has 0 fully saturated rings. The molecule has 0 saturated heterocycles. The van der Waals surface area contributed by atoms with E-state index in [9.17, 15) is 10.1 Å². The highest BCUT2D eigenvalue weighted by Gasteiger charge is 2.08. The lowest BCUT2D eigenvalue weighted by molar-refractivity contribution is -0.384. The highest BCUT2D eigenvalue weighted by molar-refractivity contribution is 5.84. The first-order chi connectivity index (χ1) is 7.75. The van der Waals surface area contributed by atoms with Crippen LogP contribution in [0.1, 0.15) is 0 Å². The summed E-state index contributed by atoms with van der Waals surface area (Å²) >= 11 is 0. The molecule has 1 aromatic carbocycles. The average Bonchev–Trinajstić information content (AvgIpc) is 2.79. The topological polar surface area (TPSA) is 76.8 Å². The van der Waals surface area contributed by atoms with Crippen molar-refractivity contribution in [2.45, 2.75) is 0 Å². The smallest absolute Gasteiger partial charge is 0.273 e. The molecule has 0 unspecified atom stereocenters. The van der Waals surface area contributed by atoms with Crippen molar-refractivity contribution >= 4 is 11.5 Å². The van der Waals surface area contributed by atoms with Crippen LogP contribution in [-0.2, 0) is 0 Å². The number of rotatable bonds is 4. The van der Waals surface area contributed by atoms with Crippen molar-refractivity contribution < 1.29 is 9.66 Å². The fourth-order valence-corrected chi connectivity index (χ4v) is 1.38. The van der Waals surface area contributed by atoms with Crippen molar-refractivity contribution in [3.8, 4) is 5.75 Å². The third-order valence-corrected chi connectivity index (χ3v) is 2.15. The van der Waals surface area contributed by atoms with Gasteiger partial charge in [-0.1, -0.05) is 6.07 Å². The largest absolute Gasteiger partial charge is 0.485 e. The van der Waals surface area contributed by atoms with E-state index >= 15 is 0 Å². The number of nitro benzene ring substituents is 1. The molecular weight excluding hydrogens is 210 g/mol. The molecule has 0 atom stereocenters. The van der Waals surface area contributed by atoms with Crippen molar-refractivity contribution in [3.05, 3.63) is 34.4 Å². The van der Waals surface area contributed by atoms with E-state index in [1.165, 1.54) is 12.1 Å². The Morgan fingerprint density at radius 3 is 3.12 bits per heavy atom. The maximum Gasteiger partial charge on any atom is 0.273 e. The first-order valence-electron chi connectivity index (χ1n) is 4.90. The standard InChI is InChI=1S/C10H11N3O3/c14-13(15)8-2-1-3-9(6-8)16-7-10-11-4-5-12-10/h1-3,6H,4-5,7H2,(H,11,12). The molecule has 16 heavy (non-hydrogen) atoms. The van der Waals surface area contributed by atoms with Crippen LogP contribution in [0.5, 0.6) is 5.75 Å². The Labute approximate surface area is 92.1 Å². The van der Waals surface area contributed by atoms with Gasteiger partial charge in [0.2, 0.25) is 0 Å². The molecule has 0 bridgehead atoms. The van der Waals surface area contributed by atoms with Gasteiger partial charge in [-0.3, -0.25) is 15.1 Å². The second-order valence-corrected chi connectivity index (χ2v) is 3.30. The lowest BCUT2D eigenvalue weighted by atomic mass is 10.3. The van der Waals surface area contributed by atoms with Gasteiger partial charge in [-0.25, -0.2) is 0 Å². The number of nitrogens with one attached hydrogen (secondary N) is 1. The maximum atomic E-state index is 10.5. The maximum absolute atomic E-state index is 10.5. The minimum atomic E-state index is -0.446. The number of aliphatic imine (C=N–C) groups is 1. The Bertz CT molecular complexity index is 431. The zero-order valence-corrected chi connectivity index (χ0v) is 8.55. The van der Waals surface area contributed by atoms with Crippen LogP contribution in [0.2, 0.25) is 0 Å². The quantitative estimate of drug-likeness (QED) is 0.607. The van der Waals surface area contributed by atoms with E-state index in [4.69, 9.17) is 4.74 Å². The van der Waals surface area contributed by atoms with E-state index in [1.54, 1.807) is 12.1 Å². The van der Waals surface area contributed by atoms with Crippen molar-refractivity contribution in [1.82, 2.24) is 5.32 Å². The molecule has 84 valence electrons. The number of amidine groups is 1. The van der Waals surface area contributed by atoms with Crippen LogP contribution in [0, 0.1) is 10.1 Å². The number of benzene rings is 1. The molecule has 1 aliphatic heterocycles. The lowest BCUT2D eigenvalue weighted by Crippen LogP contribution is -2.24. The van der Waals surface area contributed by atoms with Gasteiger partial charge in [0.25, 0.3) is 5.69 Å². The third-order valence-electron chi connectivity index (χ3n) is 2.15. The summed E-state index contributed by atoms with van der Waals surface area (Å²) in [5, 5.41) is 13.6. The predicted octanol–water partition coefficient (Wildman–Crippen LogP) is 0.975. The van der Waals surface area contributed by atoms with Crippen LogP contribution in [0.3, 0.4) is 0 Å². The average molecular weight is 221 g/mol. The summed E-state index contributed by atoms with van der Waals surface area (Å²) in [5.74, 6) is 1.26. The molecule has 1 aliphatic rings. The van der Waals surface area contributed by atoms with Gasteiger partial charge in [0, 0.05) is 12.6 Å². The van der Waals surface area contributed by atoms with Crippen molar-refractivity contribution in [2.75, 3.05) is 19.7 Å². The summed E-state index contributed by atoms with van der Waals surface area (Å²) in [6.45, 7) is 1.91. The second-order valence-electron chi connectivity index (χ2n) is 3.30. The van der Waals surface area contributed by atoms with Crippen LogP contribution < -0.4 is 10.1 Å². The van der Waals surface area contributed by atoms with E-state index in [2.05, 4.69) is 10.3 Å². The molecule has 1 heterocycles.